The summed E-state index contributed by atoms with van der Waals surface area (Å²) in [6.07, 6.45) is 0. The molecule has 5 nitrogen and oxygen atoms in total. The zero-order valence-corrected chi connectivity index (χ0v) is 9.00. The van der Waals surface area contributed by atoms with E-state index in [-0.39, 0.29) is 5.92 Å². The first-order valence-electron chi connectivity index (χ1n) is 4.49. The van der Waals surface area contributed by atoms with E-state index in [1.807, 2.05) is 0 Å². The Balaban J connectivity index is 4.40. The first kappa shape index (κ1) is 12.9. The predicted octanol–water partition coefficient (Wildman–Crippen LogP) is -0.0509. The minimum Gasteiger partial charge on any atom is -0.480 e. The second kappa shape index (κ2) is 4.41. The van der Waals surface area contributed by atoms with Crippen molar-refractivity contribution in [2.45, 2.75) is 39.3 Å². The highest BCUT2D eigenvalue weighted by Crippen LogP contribution is 2.05. The van der Waals surface area contributed by atoms with Crippen LogP contribution >= 0.6 is 0 Å². The Hall–Kier alpha value is -1.10. The second-order valence-corrected chi connectivity index (χ2v) is 4.19. The van der Waals surface area contributed by atoms with Crippen molar-refractivity contribution < 1.29 is 14.7 Å². The van der Waals surface area contributed by atoms with E-state index in [1.54, 1.807) is 13.8 Å². The van der Waals surface area contributed by atoms with Crippen LogP contribution in [-0.4, -0.2) is 28.6 Å². The lowest BCUT2D eigenvalue weighted by atomic mass is 10.0. The molecule has 0 saturated heterocycles. The fourth-order valence-corrected chi connectivity index (χ4v) is 0.748. The molecule has 4 N–H and O–H groups in total. The van der Waals surface area contributed by atoms with Crippen molar-refractivity contribution in [3.63, 3.8) is 0 Å². The number of carbonyl (C=O) groups is 2. The molecule has 5 heteroatoms. The summed E-state index contributed by atoms with van der Waals surface area (Å²) < 4.78 is 0. The van der Waals surface area contributed by atoms with Crippen molar-refractivity contribution >= 4 is 11.9 Å². The van der Waals surface area contributed by atoms with Crippen LogP contribution in [0.5, 0.6) is 0 Å². The van der Waals surface area contributed by atoms with Gasteiger partial charge in [0.2, 0.25) is 5.91 Å². The molecule has 0 bridgehead atoms. The van der Waals surface area contributed by atoms with E-state index in [2.05, 4.69) is 5.32 Å². The topological polar surface area (TPSA) is 92.4 Å². The van der Waals surface area contributed by atoms with Crippen LogP contribution < -0.4 is 11.1 Å². The molecule has 1 atom stereocenters. The maximum Gasteiger partial charge on any atom is 0.328 e. The number of nitrogens with one attached hydrogen (secondary N) is 1. The number of carboxylic acid groups (broad SMARTS) is 1. The van der Waals surface area contributed by atoms with Gasteiger partial charge < -0.3 is 16.2 Å². The Morgan fingerprint density at radius 1 is 1.36 bits per heavy atom. The van der Waals surface area contributed by atoms with Crippen molar-refractivity contribution in [3.8, 4) is 0 Å². The summed E-state index contributed by atoms with van der Waals surface area (Å²) in [5, 5.41) is 11.1. The molecule has 0 aliphatic heterocycles. The molecule has 0 spiro atoms. The van der Waals surface area contributed by atoms with Crippen LogP contribution in [-0.2, 0) is 9.59 Å². The molecular formula is C9H18N2O3. The monoisotopic (exact) mass is 202 g/mol. The van der Waals surface area contributed by atoms with Gasteiger partial charge in [-0.15, -0.1) is 0 Å². The van der Waals surface area contributed by atoms with Gasteiger partial charge in [-0.05, 0) is 19.8 Å². The minimum absolute atomic E-state index is 0.0143. The summed E-state index contributed by atoms with van der Waals surface area (Å²) >= 11 is 0. The molecule has 0 aromatic heterocycles. The molecule has 0 fully saturated rings. The third kappa shape index (κ3) is 3.33. The Kier molecular flexibility index (Phi) is 4.07. The summed E-state index contributed by atoms with van der Waals surface area (Å²) in [6, 6.07) is -0.673. The molecule has 0 aromatic rings. The van der Waals surface area contributed by atoms with Crippen LogP contribution in [0.4, 0.5) is 0 Å². The fourth-order valence-electron chi connectivity index (χ4n) is 0.748. The van der Waals surface area contributed by atoms with Crippen LogP contribution in [0.15, 0.2) is 0 Å². The lowest BCUT2D eigenvalue weighted by Gasteiger charge is -2.24. The van der Waals surface area contributed by atoms with Crippen LogP contribution in [0.1, 0.15) is 27.7 Å². The van der Waals surface area contributed by atoms with Crippen molar-refractivity contribution in [2.24, 2.45) is 11.7 Å². The van der Waals surface area contributed by atoms with Gasteiger partial charge in [-0.2, -0.15) is 0 Å². The molecule has 0 aromatic carbocycles. The summed E-state index contributed by atoms with van der Waals surface area (Å²) in [5.74, 6) is -1.53. The van der Waals surface area contributed by atoms with E-state index < -0.39 is 23.5 Å². The maximum atomic E-state index is 11.4. The summed E-state index contributed by atoms with van der Waals surface area (Å²) in [4.78, 5) is 22.1. The van der Waals surface area contributed by atoms with Gasteiger partial charge in [-0.3, -0.25) is 4.79 Å². The van der Waals surface area contributed by atoms with Crippen molar-refractivity contribution in [1.82, 2.24) is 5.32 Å². The number of amides is 1. The highest BCUT2D eigenvalue weighted by Gasteiger charge is 2.31. The molecule has 0 radical (unpaired) electrons. The average molecular weight is 202 g/mol. The SMILES string of the molecule is CC(C)C(N)C(=O)NC(C)(C)C(=O)O. The third-order valence-corrected chi connectivity index (χ3v) is 1.99. The summed E-state index contributed by atoms with van der Waals surface area (Å²) in [6.45, 7) is 6.44. The first-order chi connectivity index (χ1) is 6.18. The Bertz CT molecular complexity index is 236. The Morgan fingerprint density at radius 3 is 2.07 bits per heavy atom. The van der Waals surface area contributed by atoms with E-state index in [9.17, 15) is 9.59 Å². The zero-order chi connectivity index (χ0) is 11.5. The molecule has 0 saturated carbocycles. The van der Waals surface area contributed by atoms with Gasteiger partial charge in [0, 0.05) is 0 Å². The minimum atomic E-state index is -1.27. The van der Waals surface area contributed by atoms with Crippen molar-refractivity contribution in [2.75, 3.05) is 0 Å². The third-order valence-electron chi connectivity index (χ3n) is 1.99. The summed E-state index contributed by atoms with van der Waals surface area (Å²) in [7, 11) is 0. The van der Waals surface area contributed by atoms with Crippen LogP contribution in [0.2, 0.25) is 0 Å². The number of hydrogen-bond acceptors (Lipinski definition) is 3. The van der Waals surface area contributed by atoms with Gasteiger partial charge in [0.1, 0.15) is 5.54 Å². The molecule has 1 amide bonds. The smallest absolute Gasteiger partial charge is 0.328 e. The number of rotatable bonds is 4. The molecule has 1 unspecified atom stereocenters. The van der Waals surface area contributed by atoms with Gasteiger partial charge in [-0.25, -0.2) is 4.79 Å². The number of nitrogens with two attached hydrogens (primary N) is 1. The van der Waals surface area contributed by atoms with Gasteiger partial charge >= 0.3 is 5.97 Å². The van der Waals surface area contributed by atoms with Crippen LogP contribution in [0.25, 0.3) is 0 Å². The van der Waals surface area contributed by atoms with E-state index >= 15 is 0 Å². The highest BCUT2D eigenvalue weighted by atomic mass is 16.4. The quantitative estimate of drug-likeness (QED) is 0.596. The van der Waals surface area contributed by atoms with Crippen molar-refractivity contribution in [1.29, 1.82) is 0 Å². The normalized spacial score (nSPS) is 13.9. The van der Waals surface area contributed by atoms with Gasteiger partial charge in [0.05, 0.1) is 6.04 Å². The van der Waals surface area contributed by atoms with E-state index in [1.165, 1.54) is 13.8 Å². The average Bonchev–Trinajstić information content (AvgIpc) is 2.01. The molecule has 0 rings (SSSR count). The lowest BCUT2D eigenvalue weighted by molar-refractivity contribution is -0.146. The molecule has 82 valence electrons. The van der Waals surface area contributed by atoms with Crippen LogP contribution in [0, 0.1) is 5.92 Å². The molecule has 0 heterocycles. The largest absolute Gasteiger partial charge is 0.480 e. The van der Waals surface area contributed by atoms with E-state index in [4.69, 9.17) is 10.8 Å². The predicted molar refractivity (Wildman–Crippen MR) is 52.7 cm³/mol. The second-order valence-electron chi connectivity index (χ2n) is 4.19. The molecular weight excluding hydrogens is 184 g/mol. The fraction of sp³-hybridized carbons (Fsp3) is 0.778. The zero-order valence-electron chi connectivity index (χ0n) is 9.00. The highest BCUT2D eigenvalue weighted by molar-refractivity contribution is 5.88. The first-order valence-corrected chi connectivity index (χ1v) is 4.49. The summed E-state index contributed by atoms with van der Waals surface area (Å²) in [5.41, 5.74) is 4.29. The van der Waals surface area contributed by atoms with Crippen molar-refractivity contribution in [3.05, 3.63) is 0 Å². The Morgan fingerprint density at radius 2 is 1.79 bits per heavy atom. The number of carboxylic acids is 1. The standard InChI is InChI=1S/C9H18N2O3/c1-5(2)6(10)7(12)11-9(3,4)8(13)14/h5-6H,10H2,1-4H3,(H,11,12)(H,13,14). The molecule has 0 aliphatic rings. The number of aliphatic carboxylic acids is 1. The Labute approximate surface area is 83.7 Å². The van der Waals surface area contributed by atoms with E-state index in [0.717, 1.165) is 0 Å². The molecule has 0 aliphatic carbocycles. The molecule has 14 heavy (non-hydrogen) atoms. The maximum absolute atomic E-state index is 11.4. The van der Waals surface area contributed by atoms with E-state index in [0.29, 0.717) is 0 Å². The lowest BCUT2D eigenvalue weighted by Crippen LogP contribution is -2.55. The van der Waals surface area contributed by atoms with Gasteiger partial charge in [-0.1, -0.05) is 13.8 Å². The van der Waals surface area contributed by atoms with Crippen LogP contribution in [0.3, 0.4) is 0 Å². The number of hydrogen-bond donors (Lipinski definition) is 3. The van der Waals surface area contributed by atoms with Gasteiger partial charge in [0.25, 0.3) is 0 Å². The van der Waals surface area contributed by atoms with Gasteiger partial charge in [0.15, 0.2) is 0 Å². The number of carbonyl (C=O) groups excluding carboxylic acids is 1.